The predicted octanol–water partition coefficient (Wildman–Crippen LogP) is 3.05. The fraction of sp³-hybridized carbons (Fsp3) is 0.364. The molecule has 1 atom stereocenters. The highest BCUT2D eigenvalue weighted by molar-refractivity contribution is 8.00. The molecule has 0 aliphatic rings. The summed E-state index contributed by atoms with van der Waals surface area (Å²) in [5, 5.41) is 10.8. The van der Waals surface area contributed by atoms with Crippen LogP contribution in [0.3, 0.4) is 0 Å². The number of nitrogens with zero attached hydrogens (tertiary/aromatic N) is 1. The first-order chi connectivity index (χ1) is 7.50. The van der Waals surface area contributed by atoms with Gasteiger partial charge in [-0.1, -0.05) is 19.1 Å². The van der Waals surface area contributed by atoms with Gasteiger partial charge in [-0.05, 0) is 13.0 Å². The minimum Gasteiger partial charge on any atom is -0.300 e. The second kappa shape index (κ2) is 5.65. The zero-order valence-electron chi connectivity index (χ0n) is 9.17. The van der Waals surface area contributed by atoms with Crippen LogP contribution in [0.15, 0.2) is 29.2 Å². The van der Waals surface area contributed by atoms with Gasteiger partial charge in [0.05, 0.1) is 9.82 Å². The van der Waals surface area contributed by atoms with Crippen molar-refractivity contribution in [3.63, 3.8) is 0 Å². The third-order valence-corrected chi connectivity index (χ3v) is 3.13. The quantitative estimate of drug-likeness (QED) is 0.450. The Labute approximate surface area is 98.2 Å². The predicted molar refractivity (Wildman–Crippen MR) is 63.7 cm³/mol. The standard InChI is InChI=1S/C11H13NO3S/c1-8(13)7-9(2)16-11-6-4-3-5-10(11)12(14)15/h3-6,9H,7H2,1-2H3. The molecule has 86 valence electrons. The number of nitro groups is 1. The Bertz CT molecular complexity index is 406. The monoisotopic (exact) mass is 239 g/mol. The van der Waals surface area contributed by atoms with Crippen molar-refractivity contribution in [3.05, 3.63) is 34.4 Å². The molecule has 0 fully saturated rings. The number of rotatable bonds is 5. The van der Waals surface area contributed by atoms with Gasteiger partial charge < -0.3 is 0 Å². The second-order valence-electron chi connectivity index (χ2n) is 3.56. The van der Waals surface area contributed by atoms with Crippen molar-refractivity contribution in [3.8, 4) is 0 Å². The highest BCUT2D eigenvalue weighted by Gasteiger charge is 2.16. The number of carbonyl (C=O) groups is 1. The van der Waals surface area contributed by atoms with E-state index in [0.29, 0.717) is 11.3 Å². The van der Waals surface area contributed by atoms with Crippen molar-refractivity contribution in [1.29, 1.82) is 0 Å². The van der Waals surface area contributed by atoms with Crippen LogP contribution in [0.4, 0.5) is 5.69 Å². The van der Waals surface area contributed by atoms with Crippen LogP contribution in [0.1, 0.15) is 20.3 Å². The summed E-state index contributed by atoms with van der Waals surface area (Å²) >= 11 is 1.36. The largest absolute Gasteiger partial charge is 0.300 e. The minimum absolute atomic E-state index is 0.0543. The molecule has 0 spiro atoms. The van der Waals surface area contributed by atoms with Crippen LogP contribution in [0, 0.1) is 10.1 Å². The van der Waals surface area contributed by atoms with E-state index in [9.17, 15) is 14.9 Å². The van der Waals surface area contributed by atoms with Gasteiger partial charge in [-0.2, -0.15) is 0 Å². The Kier molecular flexibility index (Phi) is 4.49. The topological polar surface area (TPSA) is 60.2 Å². The van der Waals surface area contributed by atoms with Crippen LogP contribution in [0.25, 0.3) is 0 Å². The highest BCUT2D eigenvalue weighted by Crippen LogP contribution is 2.32. The summed E-state index contributed by atoms with van der Waals surface area (Å²) in [6.45, 7) is 3.42. The first kappa shape index (κ1) is 12.7. The molecule has 0 saturated heterocycles. The van der Waals surface area contributed by atoms with E-state index in [1.807, 2.05) is 6.92 Å². The van der Waals surface area contributed by atoms with Crippen molar-refractivity contribution < 1.29 is 9.72 Å². The first-order valence-corrected chi connectivity index (χ1v) is 5.78. The summed E-state index contributed by atoms with van der Waals surface area (Å²) in [6.07, 6.45) is 0.427. The number of para-hydroxylation sites is 1. The van der Waals surface area contributed by atoms with Crippen molar-refractivity contribution >= 4 is 23.2 Å². The number of Topliss-reactive ketones (excluding diaryl/α,β-unsaturated/α-hetero) is 1. The van der Waals surface area contributed by atoms with Gasteiger partial charge in [0.25, 0.3) is 5.69 Å². The van der Waals surface area contributed by atoms with E-state index in [1.165, 1.54) is 24.8 Å². The number of benzene rings is 1. The number of ketones is 1. The highest BCUT2D eigenvalue weighted by atomic mass is 32.2. The van der Waals surface area contributed by atoms with Crippen molar-refractivity contribution in [2.24, 2.45) is 0 Å². The molecular formula is C11H13NO3S. The van der Waals surface area contributed by atoms with Crippen molar-refractivity contribution in [2.75, 3.05) is 0 Å². The lowest BCUT2D eigenvalue weighted by Gasteiger charge is -2.08. The van der Waals surface area contributed by atoms with Crippen LogP contribution in [0.2, 0.25) is 0 Å². The summed E-state index contributed by atoms with van der Waals surface area (Å²) in [5.74, 6) is 0.0959. The van der Waals surface area contributed by atoms with Gasteiger partial charge in [-0.15, -0.1) is 11.8 Å². The summed E-state index contributed by atoms with van der Waals surface area (Å²) in [7, 11) is 0. The Hall–Kier alpha value is -1.36. The van der Waals surface area contributed by atoms with Crippen molar-refractivity contribution in [2.45, 2.75) is 30.4 Å². The summed E-state index contributed by atoms with van der Waals surface area (Å²) in [5.41, 5.74) is 0.0999. The van der Waals surface area contributed by atoms with E-state index in [0.717, 1.165) is 0 Å². The summed E-state index contributed by atoms with van der Waals surface area (Å²) in [4.78, 5) is 21.9. The van der Waals surface area contributed by atoms with E-state index >= 15 is 0 Å². The molecule has 1 aromatic carbocycles. The Balaban J connectivity index is 2.80. The average molecular weight is 239 g/mol. The zero-order chi connectivity index (χ0) is 12.1. The Morgan fingerprint density at radius 3 is 2.69 bits per heavy atom. The zero-order valence-corrected chi connectivity index (χ0v) is 9.99. The molecule has 0 saturated carbocycles. The van der Waals surface area contributed by atoms with E-state index in [2.05, 4.69) is 0 Å². The fourth-order valence-corrected chi connectivity index (χ4v) is 2.54. The van der Waals surface area contributed by atoms with Crippen LogP contribution < -0.4 is 0 Å². The number of carbonyl (C=O) groups excluding carboxylic acids is 1. The number of nitro benzene ring substituents is 1. The number of hydrogen-bond acceptors (Lipinski definition) is 4. The maximum absolute atomic E-state index is 10.9. The van der Waals surface area contributed by atoms with Crippen LogP contribution in [-0.4, -0.2) is 16.0 Å². The average Bonchev–Trinajstić information content (AvgIpc) is 2.16. The molecule has 0 aromatic heterocycles. The molecule has 0 aliphatic heterocycles. The van der Waals surface area contributed by atoms with Crippen LogP contribution in [0.5, 0.6) is 0 Å². The normalized spacial score (nSPS) is 12.1. The van der Waals surface area contributed by atoms with E-state index < -0.39 is 4.92 Å². The molecular weight excluding hydrogens is 226 g/mol. The molecule has 0 aliphatic carbocycles. The Morgan fingerprint density at radius 1 is 1.50 bits per heavy atom. The van der Waals surface area contributed by atoms with Gasteiger partial charge >= 0.3 is 0 Å². The van der Waals surface area contributed by atoms with E-state index in [-0.39, 0.29) is 16.7 Å². The number of hydrogen-bond donors (Lipinski definition) is 0. The SMILES string of the molecule is CC(=O)CC(C)Sc1ccccc1[N+](=O)[O-]. The minimum atomic E-state index is -0.400. The lowest BCUT2D eigenvalue weighted by molar-refractivity contribution is -0.387. The molecule has 0 N–H and O–H groups in total. The summed E-state index contributed by atoms with van der Waals surface area (Å²) < 4.78 is 0. The molecule has 5 heteroatoms. The van der Waals surface area contributed by atoms with E-state index in [1.54, 1.807) is 18.2 Å². The maximum atomic E-state index is 10.9. The molecule has 0 heterocycles. The number of thioether (sulfide) groups is 1. The van der Waals surface area contributed by atoms with E-state index in [4.69, 9.17) is 0 Å². The molecule has 0 bridgehead atoms. The van der Waals surface area contributed by atoms with Crippen LogP contribution >= 0.6 is 11.8 Å². The van der Waals surface area contributed by atoms with Gasteiger partial charge in [0.1, 0.15) is 5.78 Å². The third-order valence-electron chi connectivity index (χ3n) is 1.97. The van der Waals surface area contributed by atoms with Gasteiger partial charge in [0.15, 0.2) is 0 Å². The molecule has 0 amide bonds. The molecule has 1 rings (SSSR count). The smallest absolute Gasteiger partial charge is 0.282 e. The van der Waals surface area contributed by atoms with Crippen LogP contribution in [-0.2, 0) is 4.79 Å². The van der Waals surface area contributed by atoms with Gasteiger partial charge in [0, 0.05) is 17.7 Å². The molecule has 4 nitrogen and oxygen atoms in total. The molecule has 16 heavy (non-hydrogen) atoms. The van der Waals surface area contributed by atoms with Crippen molar-refractivity contribution in [1.82, 2.24) is 0 Å². The lowest BCUT2D eigenvalue weighted by Crippen LogP contribution is -2.03. The first-order valence-electron chi connectivity index (χ1n) is 4.90. The Morgan fingerprint density at radius 2 is 2.12 bits per heavy atom. The molecule has 0 radical (unpaired) electrons. The van der Waals surface area contributed by atoms with Gasteiger partial charge in [-0.3, -0.25) is 14.9 Å². The van der Waals surface area contributed by atoms with Gasteiger partial charge in [0.2, 0.25) is 0 Å². The third kappa shape index (κ3) is 3.66. The molecule has 1 aromatic rings. The molecule has 1 unspecified atom stereocenters. The van der Waals surface area contributed by atoms with Gasteiger partial charge in [-0.25, -0.2) is 0 Å². The lowest BCUT2D eigenvalue weighted by atomic mass is 10.2. The fourth-order valence-electron chi connectivity index (χ4n) is 1.37. The second-order valence-corrected chi connectivity index (χ2v) is 5.04. The maximum Gasteiger partial charge on any atom is 0.282 e. The summed E-state index contributed by atoms with van der Waals surface area (Å²) in [6, 6.07) is 6.58.